The van der Waals surface area contributed by atoms with Crippen molar-refractivity contribution in [3.63, 3.8) is 0 Å². The minimum Gasteiger partial charge on any atom is -0.491 e. The molecular formula is C24H32FN3O3. The molecule has 6 nitrogen and oxygen atoms in total. The van der Waals surface area contributed by atoms with Gasteiger partial charge in [0, 0.05) is 25.1 Å². The van der Waals surface area contributed by atoms with E-state index >= 15 is 0 Å². The van der Waals surface area contributed by atoms with E-state index in [1.54, 1.807) is 6.07 Å². The zero-order valence-corrected chi connectivity index (χ0v) is 18.5. The van der Waals surface area contributed by atoms with Gasteiger partial charge in [0.05, 0.1) is 26.4 Å². The zero-order chi connectivity index (χ0) is 22.1. The van der Waals surface area contributed by atoms with Gasteiger partial charge in [0.15, 0.2) is 17.5 Å². The van der Waals surface area contributed by atoms with Crippen LogP contribution in [-0.4, -0.2) is 38.4 Å². The van der Waals surface area contributed by atoms with E-state index in [1.807, 2.05) is 19.9 Å². The molecule has 1 aliphatic rings. The van der Waals surface area contributed by atoms with Crippen molar-refractivity contribution >= 4 is 5.96 Å². The third-order valence-corrected chi connectivity index (χ3v) is 4.91. The number of hydrogen-bond acceptors (Lipinski definition) is 4. The predicted molar refractivity (Wildman–Crippen MR) is 120 cm³/mol. The number of nitrogens with zero attached hydrogens (tertiary/aromatic N) is 1. The van der Waals surface area contributed by atoms with E-state index in [0.717, 1.165) is 42.0 Å². The van der Waals surface area contributed by atoms with Crippen LogP contribution in [0.2, 0.25) is 0 Å². The van der Waals surface area contributed by atoms with Crippen molar-refractivity contribution < 1.29 is 18.6 Å². The Labute approximate surface area is 183 Å². The lowest BCUT2D eigenvalue weighted by Gasteiger charge is -2.18. The van der Waals surface area contributed by atoms with Crippen molar-refractivity contribution in [1.29, 1.82) is 0 Å². The van der Waals surface area contributed by atoms with Crippen LogP contribution in [-0.2, 0) is 17.8 Å². The average molecular weight is 430 g/mol. The van der Waals surface area contributed by atoms with Gasteiger partial charge in [-0.2, -0.15) is 0 Å². The Morgan fingerprint density at radius 1 is 1.16 bits per heavy atom. The summed E-state index contributed by atoms with van der Waals surface area (Å²) >= 11 is 0. The zero-order valence-electron chi connectivity index (χ0n) is 18.5. The van der Waals surface area contributed by atoms with E-state index in [-0.39, 0.29) is 17.7 Å². The summed E-state index contributed by atoms with van der Waals surface area (Å²) in [4.78, 5) is 4.59. The molecule has 168 valence electrons. The molecule has 0 amide bonds. The van der Waals surface area contributed by atoms with Crippen molar-refractivity contribution in [2.24, 2.45) is 4.99 Å². The molecular weight excluding hydrogens is 397 g/mol. The number of nitrogens with one attached hydrogen (secondary N) is 2. The number of halogens is 1. The minimum atomic E-state index is -0.371. The molecule has 0 saturated carbocycles. The molecule has 1 aliphatic heterocycles. The van der Waals surface area contributed by atoms with E-state index in [2.05, 4.69) is 40.7 Å². The third-order valence-electron chi connectivity index (χ3n) is 4.91. The molecule has 2 aromatic carbocycles. The maximum atomic E-state index is 14.1. The summed E-state index contributed by atoms with van der Waals surface area (Å²) in [5.41, 5.74) is 2.98. The van der Waals surface area contributed by atoms with Gasteiger partial charge in [0.25, 0.3) is 0 Å². The van der Waals surface area contributed by atoms with Crippen molar-refractivity contribution in [2.75, 3.05) is 26.4 Å². The molecule has 0 aromatic heterocycles. The topological polar surface area (TPSA) is 64.1 Å². The first-order chi connectivity index (χ1) is 15.1. The average Bonchev–Trinajstić information content (AvgIpc) is 3.26. The Morgan fingerprint density at radius 2 is 2.03 bits per heavy atom. The quantitative estimate of drug-likeness (QED) is 0.467. The monoisotopic (exact) mass is 429 g/mol. The summed E-state index contributed by atoms with van der Waals surface area (Å²) in [6.45, 7) is 9.34. The van der Waals surface area contributed by atoms with Gasteiger partial charge in [-0.3, -0.25) is 0 Å². The van der Waals surface area contributed by atoms with Gasteiger partial charge in [-0.05, 0) is 50.1 Å². The molecule has 7 heteroatoms. The molecule has 1 fully saturated rings. The highest BCUT2D eigenvalue weighted by Crippen LogP contribution is 2.24. The van der Waals surface area contributed by atoms with Crippen LogP contribution < -0.4 is 20.1 Å². The van der Waals surface area contributed by atoms with Crippen LogP contribution in [0.15, 0.2) is 41.4 Å². The number of benzene rings is 2. The lowest BCUT2D eigenvalue weighted by Crippen LogP contribution is -2.37. The highest BCUT2D eigenvalue weighted by Gasteiger charge is 2.18. The normalized spacial score (nSPS) is 16.3. The Balaban J connectivity index is 1.65. The molecule has 1 atom stereocenters. The molecule has 1 heterocycles. The first-order valence-corrected chi connectivity index (χ1v) is 10.9. The first-order valence-electron chi connectivity index (χ1n) is 10.9. The van der Waals surface area contributed by atoms with Crippen LogP contribution in [0.5, 0.6) is 11.5 Å². The maximum Gasteiger partial charge on any atom is 0.191 e. The van der Waals surface area contributed by atoms with Gasteiger partial charge in [0.2, 0.25) is 0 Å². The number of aliphatic imine (C=N–C) groups is 1. The molecule has 1 saturated heterocycles. The number of rotatable bonds is 9. The SMILES string of the molecule is CCNC(=NCc1ccc(OCC)c(F)c1)NCc1ccc(C)cc1OC1CCOC1. The molecule has 31 heavy (non-hydrogen) atoms. The van der Waals surface area contributed by atoms with Crippen LogP contribution in [0, 0.1) is 12.7 Å². The van der Waals surface area contributed by atoms with E-state index in [4.69, 9.17) is 14.2 Å². The number of hydrogen-bond donors (Lipinski definition) is 2. The Morgan fingerprint density at radius 3 is 2.74 bits per heavy atom. The van der Waals surface area contributed by atoms with Gasteiger partial charge < -0.3 is 24.8 Å². The second kappa shape index (κ2) is 11.6. The summed E-state index contributed by atoms with van der Waals surface area (Å²) in [5, 5.41) is 6.58. The minimum absolute atomic E-state index is 0.0945. The van der Waals surface area contributed by atoms with E-state index < -0.39 is 0 Å². The predicted octanol–water partition coefficient (Wildman–Crippen LogP) is 3.96. The maximum absolute atomic E-state index is 14.1. The molecule has 3 rings (SSSR count). The summed E-state index contributed by atoms with van der Waals surface area (Å²) in [6.07, 6.45) is 1.00. The summed E-state index contributed by atoms with van der Waals surface area (Å²) in [7, 11) is 0. The van der Waals surface area contributed by atoms with Gasteiger partial charge in [-0.25, -0.2) is 9.38 Å². The van der Waals surface area contributed by atoms with Gasteiger partial charge in [-0.1, -0.05) is 18.2 Å². The molecule has 1 unspecified atom stereocenters. The van der Waals surface area contributed by atoms with Crippen LogP contribution >= 0.6 is 0 Å². The van der Waals surface area contributed by atoms with Crippen molar-refractivity contribution in [3.05, 3.63) is 58.9 Å². The van der Waals surface area contributed by atoms with Gasteiger partial charge in [0.1, 0.15) is 11.9 Å². The van der Waals surface area contributed by atoms with E-state index in [9.17, 15) is 4.39 Å². The first kappa shape index (κ1) is 22.9. The number of aryl methyl sites for hydroxylation is 1. The molecule has 0 bridgehead atoms. The fourth-order valence-corrected chi connectivity index (χ4v) is 3.31. The van der Waals surface area contributed by atoms with Crippen LogP contribution in [0.3, 0.4) is 0 Å². The lowest BCUT2D eigenvalue weighted by molar-refractivity contribution is 0.140. The second-order valence-electron chi connectivity index (χ2n) is 7.46. The van der Waals surface area contributed by atoms with Crippen LogP contribution in [0.4, 0.5) is 4.39 Å². The fourth-order valence-electron chi connectivity index (χ4n) is 3.31. The smallest absolute Gasteiger partial charge is 0.191 e. The molecule has 2 N–H and O–H groups in total. The summed E-state index contributed by atoms with van der Waals surface area (Å²) < 4.78 is 31.0. The second-order valence-corrected chi connectivity index (χ2v) is 7.46. The molecule has 0 radical (unpaired) electrons. The van der Waals surface area contributed by atoms with E-state index in [0.29, 0.717) is 32.3 Å². The van der Waals surface area contributed by atoms with Crippen molar-refractivity contribution in [3.8, 4) is 11.5 Å². The third kappa shape index (κ3) is 6.85. The lowest BCUT2D eigenvalue weighted by atomic mass is 10.1. The Bertz CT molecular complexity index is 882. The largest absolute Gasteiger partial charge is 0.491 e. The van der Waals surface area contributed by atoms with Gasteiger partial charge in [-0.15, -0.1) is 0 Å². The number of guanidine groups is 1. The Kier molecular flexibility index (Phi) is 8.53. The molecule has 0 spiro atoms. The standard InChI is InChI=1S/C24H32FN3O3/c1-4-26-24(27-14-18-7-9-22(30-5-2)21(25)13-18)28-15-19-8-6-17(3)12-23(19)31-20-10-11-29-16-20/h6-9,12-13,20H,4-5,10-11,14-16H2,1-3H3,(H2,26,27,28). The van der Waals surface area contributed by atoms with Crippen LogP contribution in [0.25, 0.3) is 0 Å². The van der Waals surface area contributed by atoms with Gasteiger partial charge >= 0.3 is 0 Å². The molecule has 2 aromatic rings. The highest BCUT2D eigenvalue weighted by molar-refractivity contribution is 5.79. The number of ether oxygens (including phenoxy) is 3. The fraction of sp³-hybridized carbons (Fsp3) is 0.458. The summed E-state index contributed by atoms with van der Waals surface area (Å²) in [6, 6.07) is 11.1. The molecule has 0 aliphatic carbocycles. The van der Waals surface area contributed by atoms with Crippen molar-refractivity contribution in [1.82, 2.24) is 10.6 Å². The summed E-state index contributed by atoms with van der Waals surface area (Å²) in [5.74, 6) is 1.42. The van der Waals surface area contributed by atoms with Crippen LogP contribution in [0.1, 0.15) is 37.0 Å². The van der Waals surface area contributed by atoms with Crippen molar-refractivity contribution in [2.45, 2.75) is 46.4 Å². The van der Waals surface area contributed by atoms with E-state index in [1.165, 1.54) is 6.07 Å². The Hall–Kier alpha value is -2.80. The highest BCUT2D eigenvalue weighted by atomic mass is 19.1.